The summed E-state index contributed by atoms with van der Waals surface area (Å²) in [6.07, 6.45) is 0.727. The summed E-state index contributed by atoms with van der Waals surface area (Å²) in [5.41, 5.74) is 6.14. The summed E-state index contributed by atoms with van der Waals surface area (Å²) < 4.78 is 1.03. The molecule has 0 heterocycles. The molecule has 3 nitrogen and oxygen atoms in total. The van der Waals surface area contributed by atoms with Gasteiger partial charge in [0, 0.05) is 10.1 Å². The van der Waals surface area contributed by atoms with Crippen LogP contribution in [0.15, 0.2) is 18.2 Å². The molecule has 1 amide bonds. The molecule has 1 aromatic carbocycles. The smallest absolute Gasteiger partial charge is 0.228 e. The molecule has 88 valence electrons. The van der Waals surface area contributed by atoms with Gasteiger partial charge in [0.25, 0.3) is 0 Å². The minimum Gasteiger partial charge on any atom is -0.330 e. The zero-order valence-corrected chi connectivity index (χ0v) is 11.9. The first-order valence-corrected chi connectivity index (χ1v) is 6.50. The molecule has 0 aromatic heterocycles. The van der Waals surface area contributed by atoms with E-state index in [1.54, 1.807) is 12.1 Å². The number of benzene rings is 1. The molecule has 5 heteroatoms. The molecular formula is C11H14ClIN2O. The monoisotopic (exact) mass is 352 g/mol. The molecular weight excluding hydrogens is 338 g/mol. The van der Waals surface area contributed by atoms with Crippen LogP contribution >= 0.6 is 34.2 Å². The van der Waals surface area contributed by atoms with Crippen molar-refractivity contribution < 1.29 is 4.79 Å². The van der Waals surface area contributed by atoms with Gasteiger partial charge in [-0.25, -0.2) is 0 Å². The van der Waals surface area contributed by atoms with Gasteiger partial charge in [0.15, 0.2) is 0 Å². The highest BCUT2D eigenvalue weighted by atomic mass is 127. The van der Waals surface area contributed by atoms with E-state index in [4.69, 9.17) is 17.3 Å². The highest BCUT2D eigenvalue weighted by Crippen LogP contribution is 2.24. The van der Waals surface area contributed by atoms with E-state index >= 15 is 0 Å². The van der Waals surface area contributed by atoms with Crippen LogP contribution in [0, 0.1) is 9.49 Å². The number of carbonyl (C=O) groups excluding carboxylic acids is 1. The van der Waals surface area contributed by atoms with Gasteiger partial charge in [-0.15, -0.1) is 0 Å². The molecule has 1 aromatic rings. The van der Waals surface area contributed by atoms with Crippen molar-refractivity contribution >= 4 is 45.8 Å². The second-order valence-electron chi connectivity index (χ2n) is 3.45. The van der Waals surface area contributed by atoms with Gasteiger partial charge < -0.3 is 11.1 Å². The number of amides is 1. The molecule has 0 fully saturated rings. The summed E-state index contributed by atoms with van der Waals surface area (Å²) >= 11 is 8.18. The van der Waals surface area contributed by atoms with Crippen LogP contribution in [0.2, 0.25) is 5.02 Å². The SMILES string of the molecule is CCC(CN)C(=O)Nc1ccc(I)cc1Cl. The molecule has 0 spiro atoms. The van der Waals surface area contributed by atoms with E-state index in [-0.39, 0.29) is 11.8 Å². The van der Waals surface area contributed by atoms with Crippen molar-refractivity contribution in [3.63, 3.8) is 0 Å². The second kappa shape index (κ2) is 6.42. The summed E-state index contributed by atoms with van der Waals surface area (Å²) in [5.74, 6) is -0.233. The van der Waals surface area contributed by atoms with E-state index < -0.39 is 0 Å². The zero-order valence-electron chi connectivity index (χ0n) is 8.97. The van der Waals surface area contributed by atoms with Crippen LogP contribution < -0.4 is 11.1 Å². The number of rotatable bonds is 4. The van der Waals surface area contributed by atoms with Crippen LogP contribution in [0.25, 0.3) is 0 Å². The number of carbonyl (C=O) groups is 1. The third-order valence-electron chi connectivity index (χ3n) is 2.34. The molecule has 0 saturated carbocycles. The van der Waals surface area contributed by atoms with Crippen LogP contribution in [0.5, 0.6) is 0 Å². The molecule has 1 unspecified atom stereocenters. The van der Waals surface area contributed by atoms with E-state index in [0.717, 1.165) is 9.99 Å². The first-order chi connectivity index (χ1) is 7.58. The Morgan fingerprint density at radius 2 is 2.31 bits per heavy atom. The van der Waals surface area contributed by atoms with Crippen molar-refractivity contribution in [2.45, 2.75) is 13.3 Å². The Hall–Kier alpha value is -0.330. The molecule has 0 aliphatic heterocycles. The minimum absolute atomic E-state index is 0.0758. The predicted molar refractivity (Wildman–Crippen MR) is 75.6 cm³/mol. The highest BCUT2D eigenvalue weighted by molar-refractivity contribution is 14.1. The Morgan fingerprint density at radius 3 is 2.81 bits per heavy atom. The quantitative estimate of drug-likeness (QED) is 0.819. The number of nitrogens with two attached hydrogens (primary N) is 1. The largest absolute Gasteiger partial charge is 0.330 e. The summed E-state index contributed by atoms with van der Waals surface area (Å²) in [5, 5.41) is 3.33. The molecule has 1 atom stereocenters. The maximum atomic E-state index is 11.8. The first-order valence-electron chi connectivity index (χ1n) is 5.04. The summed E-state index contributed by atoms with van der Waals surface area (Å²) in [6.45, 7) is 2.29. The number of hydrogen-bond acceptors (Lipinski definition) is 2. The van der Waals surface area contributed by atoms with E-state index in [1.807, 2.05) is 13.0 Å². The lowest BCUT2D eigenvalue weighted by Gasteiger charge is -2.13. The van der Waals surface area contributed by atoms with Gasteiger partial charge in [-0.2, -0.15) is 0 Å². The molecule has 3 N–H and O–H groups in total. The molecule has 1 rings (SSSR count). The van der Waals surface area contributed by atoms with Gasteiger partial charge in [-0.1, -0.05) is 18.5 Å². The van der Waals surface area contributed by atoms with Gasteiger partial charge in [0.05, 0.1) is 16.6 Å². The Bertz CT molecular complexity index is 380. The van der Waals surface area contributed by atoms with Crippen molar-refractivity contribution in [3.05, 3.63) is 26.8 Å². The van der Waals surface area contributed by atoms with Crippen LogP contribution in [-0.4, -0.2) is 12.5 Å². The molecule has 0 radical (unpaired) electrons. The molecule has 0 aliphatic rings. The predicted octanol–water partition coefficient (Wildman–Crippen LogP) is 2.87. The molecule has 0 bridgehead atoms. The number of halogens is 2. The minimum atomic E-state index is -0.157. The van der Waals surface area contributed by atoms with Crippen LogP contribution in [-0.2, 0) is 4.79 Å². The standard InChI is InChI=1S/C11H14ClIN2O/c1-2-7(6-14)11(16)15-10-4-3-8(13)5-9(10)12/h3-5,7H,2,6,14H2,1H3,(H,15,16). The summed E-state index contributed by atoms with van der Waals surface area (Å²) in [6, 6.07) is 5.50. The molecule has 16 heavy (non-hydrogen) atoms. The lowest BCUT2D eigenvalue weighted by molar-refractivity contribution is -0.119. The fourth-order valence-electron chi connectivity index (χ4n) is 1.28. The average Bonchev–Trinajstić information content (AvgIpc) is 2.24. The Morgan fingerprint density at radius 1 is 1.62 bits per heavy atom. The third-order valence-corrected chi connectivity index (χ3v) is 3.32. The zero-order chi connectivity index (χ0) is 12.1. The maximum absolute atomic E-state index is 11.8. The van der Waals surface area contributed by atoms with Crippen molar-refractivity contribution in [2.75, 3.05) is 11.9 Å². The normalized spacial score (nSPS) is 12.2. The van der Waals surface area contributed by atoms with E-state index in [0.29, 0.717) is 17.3 Å². The molecule has 0 saturated heterocycles. The topological polar surface area (TPSA) is 55.1 Å². The summed E-state index contributed by atoms with van der Waals surface area (Å²) in [4.78, 5) is 11.8. The van der Waals surface area contributed by atoms with Crippen molar-refractivity contribution in [2.24, 2.45) is 11.7 Å². The van der Waals surface area contributed by atoms with Crippen LogP contribution in [0.4, 0.5) is 5.69 Å². The van der Waals surface area contributed by atoms with Gasteiger partial charge in [-0.3, -0.25) is 4.79 Å². The second-order valence-corrected chi connectivity index (χ2v) is 5.11. The fraction of sp³-hybridized carbons (Fsp3) is 0.364. The van der Waals surface area contributed by atoms with E-state index in [9.17, 15) is 4.79 Å². The molecule has 0 aliphatic carbocycles. The van der Waals surface area contributed by atoms with Crippen molar-refractivity contribution in [1.82, 2.24) is 0 Å². The van der Waals surface area contributed by atoms with Gasteiger partial charge >= 0.3 is 0 Å². The lowest BCUT2D eigenvalue weighted by atomic mass is 10.1. The van der Waals surface area contributed by atoms with Crippen molar-refractivity contribution in [1.29, 1.82) is 0 Å². The summed E-state index contributed by atoms with van der Waals surface area (Å²) in [7, 11) is 0. The van der Waals surface area contributed by atoms with E-state index in [2.05, 4.69) is 27.9 Å². The Kier molecular flexibility index (Phi) is 5.51. The lowest BCUT2D eigenvalue weighted by Crippen LogP contribution is -2.28. The third kappa shape index (κ3) is 3.61. The fourth-order valence-corrected chi connectivity index (χ4v) is 2.19. The van der Waals surface area contributed by atoms with Crippen LogP contribution in [0.1, 0.15) is 13.3 Å². The maximum Gasteiger partial charge on any atom is 0.228 e. The van der Waals surface area contributed by atoms with Gasteiger partial charge in [-0.05, 0) is 47.2 Å². The van der Waals surface area contributed by atoms with Crippen molar-refractivity contribution in [3.8, 4) is 0 Å². The van der Waals surface area contributed by atoms with Crippen LogP contribution in [0.3, 0.4) is 0 Å². The number of nitrogens with one attached hydrogen (secondary N) is 1. The van der Waals surface area contributed by atoms with E-state index in [1.165, 1.54) is 0 Å². The number of anilines is 1. The highest BCUT2D eigenvalue weighted by Gasteiger charge is 2.15. The Balaban J connectivity index is 2.76. The van der Waals surface area contributed by atoms with Gasteiger partial charge in [0.1, 0.15) is 0 Å². The first kappa shape index (κ1) is 13.7. The van der Waals surface area contributed by atoms with Gasteiger partial charge in [0.2, 0.25) is 5.91 Å². The average molecular weight is 353 g/mol. The Labute approximate surface area is 114 Å². The number of hydrogen-bond donors (Lipinski definition) is 2.